The zero-order valence-electron chi connectivity index (χ0n) is 7.82. The van der Waals surface area contributed by atoms with Gasteiger partial charge in [-0.3, -0.25) is 0 Å². The molecule has 0 aromatic heterocycles. The zero-order valence-corrected chi connectivity index (χ0v) is 10.2. The molecule has 0 unspecified atom stereocenters. The van der Waals surface area contributed by atoms with Gasteiger partial charge in [0.2, 0.25) is 0 Å². The van der Waals surface area contributed by atoms with Crippen molar-refractivity contribution in [2.24, 2.45) is 5.73 Å². The van der Waals surface area contributed by atoms with E-state index >= 15 is 0 Å². The van der Waals surface area contributed by atoms with Crippen LogP contribution in [0, 0.1) is 0 Å². The van der Waals surface area contributed by atoms with Gasteiger partial charge in [0.1, 0.15) is 0 Å². The quantitative estimate of drug-likeness (QED) is 0.891. The number of hydrogen-bond acceptors (Lipinski definition) is 2. The summed E-state index contributed by atoms with van der Waals surface area (Å²) in [5.74, 6) is 0. The molecule has 0 saturated heterocycles. The van der Waals surface area contributed by atoms with Gasteiger partial charge in [0.05, 0.1) is 0 Å². The van der Waals surface area contributed by atoms with Crippen LogP contribution in [0.5, 0.6) is 0 Å². The number of halogens is 2. The SMILES string of the molecule is Cl.N[C@@H](CCCO)c1cccc(Br)c1. The van der Waals surface area contributed by atoms with Crippen LogP contribution in [0.2, 0.25) is 0 Å². The third-order valence-corrected chi connectivity index (χ3v) is 2.44. The zero-order chi connectivity index (χ0) is 9.68. The molecule has 3 N–H and O–H groups in total. The van der Waals surface area contributed by atoms with Crippen molar-refractivity contribution >= 4 is 28.3 Å². The van der Waals surface area contributed by atoms with Crippen LogP contribution in [-0.2, 0) is 0 Å². The van der Waals surface area contributed by atoms with E-state index in [1.807, 2.05) is 24.3 Å². The van der Waals surface area contributed by atoms with Crippen LogP contribution in [-0.4, -0.2) is 11.7 Å². The van der Waals surface area contributed by atoms with Crippen LogP contribution in [0.4, 0.5) is 0 Å². The Morgan fingerprint density at radius 2 is 2.14 bits per heavy atom. The molecule has 2 nitrogen and oxygen atoms in total. The van der Waals surface area contributed by atoms with Gasteiger partial charge in [-0.25, -0.2) is 0 Å². The highest BCUT2D eigenvalue weighted by Gasteiger charge is 2.04. The fourth-order valence-electron chi connectivity index (χ4n) is 1.22. The Morgan fingerprint density at radius 1 is 1.43 bits per heavy atom. The predicted molar refractivity (Wildman–Crippen MR) is 64.6 cm³/mol. The minimum Gasteiger partial charge on any atom is -0.396 e. The van der Waals surface area contributed by atoms with Gasteiger partial charge in [-0.15, -0.1) is 12.4 Å². The maximum absolute atomic E-state index is 8.65. The fourth-order valence-corrected chi connectivity index (χ4v) is 1.63. The molecule has 0 heterocycles. The summed E-state index contributed by atoms with van der Waals surface area (Å²) in [7, 11) is 0. The second-order valence-corrected chi connectivity index (χ2v) is 3.94. The summed E-state index contributed by atoms with van der Waals surface area (Å²) in [6.07, 6.45) is 1.58. The Bertz CT molecular complexity index is 270. The molecule has 0 amide bonds. The third-order valence-electron chi connectivity index (χ3n) is 1.95. The molecule has 0 aliphatic carbocycles. The van der Waals surface area contributed by atoms with E-state index in [0.717, 1.165) is 22.9 Å². The molecular weight excluding hydrogens is 265 g/mol. The van der Waals surface area contributed by atoms with E-state index < -0.39 is 0 Å². The van der Waals surface area contributed by atoms with Crippen LogP contribution in [0.25, 0.3) is 0 Å². The molecular formula is C10H15BrClNO. The van der Waals surface area contributed by atoms with Crippen molar-refractivity contribution in [2.75, 3.05) is 6.61 Å². The number of rotatable bonds is 4. The topological polar surface area (TPSA) is 46.2 Å². The van der Waals surface area contributed by atoms with Crippen molar-refractivity contribution in [3.05, 3.63) is 34.3 Å². The highest BCUT2D eigenvalue weighted by molar-refractivity contribution is 9.10. The standard InChI is InChI=1S/C10H14BrNO.ClH/c11-9-4-1-3-8(7-9)10(12)5-2-6-13;/h1,3-4,7,10,13H,2,5-6,12H2;1H/t10-;/m0./s1. The van der Waals surface area contributed by atoms with E-state index in [1.165, 1.54) is 0 Å². The first kappa shape index (κ1) is 13.9. The molecule has 14 heavy (non-hydrogen) atoms. The first-order valence-electron chi connectivity index (χ1n) is 4.36. The van der Waals surface area contributed by atoms with Crippen LogP contribution in [0.1, 0.15) is 24.4 Å². The monoisotopic (exact) mass is 279 g/mol. The summed E-state index contributed by atoms with van der Waals surface area (Å²) >= 11 is 3.39. The molecule has 1 atom stereocenters. The van der Waals surface area contributed by atoms with E-state index in [9.17, 15) is 0 Å². The fraction of sp³-hybridized carbons (Fsp3) is 0.400. The molecule has 0 aliphatic rings. The van der Waals surface area contributed by atoms with E-state index in [1.54, 1.807) is 0 Å². The Kier molecular flexibility index (Phi) is 7.19. The average Bonchev–Trinajstić information content (AvgIpc) is 2.14. The summed E-state index contributed by atoms with van der Waals surface area (Å²) in [4.78, 5) is 0. The molecule has 80 valence electrons. The van der Waals surface area contributed by atoms with Gasteiger partial charge in [-0.1, -0.05) is 28.1 Å². The van der Waals surface area contributed by atoms with Crippen molar-refractivity contribution in [3.8, 4) is 0 Å². The van der Waals surface area contributed by atoms with Crippen LogP contribution in [0.15, 0.2) is 28.7 Å². The molecule has 1 rings (SSSR count). The second kappa shape index (κ2) is 7.23. The average molecular weight is 281 g/mol. The number of hydrogen-bond donors (Lipinski definition) is 2. The van der Waals surface area contributed by atoms with Gasteiger partial charge in [0.15, 0.2) is 0 Å². The Hall–Kier alpha value is -0.0900. The van der Waals surface area contributed by atoms with Gasteiger partial charge < -0.3 is 10.8 Å². The molecule has 1 aromatic rings. The van der Waals surface area contributed by atoms with E-state index in [2.05, 4.69) is 15.9 Å². The largest absolute Gasteiger partial charge is 0.396 e. The molecule has 0 bridgehead atoms. The maximum Gasteiger partial charge on any atom is 0.0431 e. The maximum atomic E-state index is 8.65. The van der Waals surface area contributed by atoms with Crippen molar-refractivity contribution in [1.82, 2.24) is 0 Å². The van der Waals surface area contributed by atoms with E-state index in [-0.39, 0.29) is 25.1 Å². The van der Waals surface area contributed by atoms with Crippen LogP contribution < -0.4 is 5.73 Å². The number of aliphatic hydroxyl groups excluding tert-OH is 1. The van der Waals surface area contributed by atoms with E-state index in [4.69, 9.17) is 10.8 Å². The first-order valence-corrected chi connectivity index (χ1v) is 5.15. The number of nitrogens with two attached hydrogens (primary N) is 1. The first-order chi connectivity index (χ1) is 6.24. The lowest BCUT2D eigenvalue weighted by Crippen LogP contribution is -2.10. The molecule has 0 fully saturated rings. The van der Waals surface area contributed by atoms with Gasteiger partial charge in [-0.2, -0.15) is 0 Å². The van der Waals surface area contributed by atoms with Gasteiger partial charge in [-0.05, 0) is 30.5 Å². The van der Waals surface area contributed by atoms with Crippen molar-refractivity contribution in [1.29, 1.82) is 0 Å². The highest BCUT2D eigenvalue weighted by Crippen LogP contribution is 2.19. The van der Waals surface area contributed by atoms with Crippen LogP contribution >= 0.6 is 28.3 Å². The van der Waals surface area contributed by atoms with Gasteiger partial charge in [0, 0.05) is 17.1 Å². The lowest BCUT2D eigenvalue weighted by Gasteiger charge is -2.10. The van der Waals surface area contributed by atoms with Gasteiger partial charge in [0.25, 0.3) is 0 Å². The minimum atomic E-state index is 0. The van der Waals surface area contributed by atoms with Crippen molar-refractivity contribution < 1.29 is 5.11 Å². The summed E-state index contributed by atoms with van der Waals surface area (Å²) in [5.41, 5.74) is 7.03. The van der Waals surface area contributed by atoms with E-state index in [0.29, 0.717) is 0 Å². The van der Waals surface area contributed by atoms with Crippen molar-refractivity contribution in [3.63, 3.8) is 0 Å². The molecule has 0 saturated carbocycles. The lowest BCUT2D eigenvalue weighted by molar-refractivity contribution is 0.280. The summed E-state index contributed by atoms with van der Waals surface area (Å²) in [6, 6.07) is 8.00. The van der Waals surface area contributed by atoms with Crippen molar-refractivity contribution in [2.45, 2.75) is 18.9 Å². The molecule has 0 aliphatic heterocycles. The summed E-state index contributed by atoms with van der Waals surface area (Å²) in [6.45, 7) is 0.210. The Balaban J connectivity index is 0.00000169. The predicted octanol–water partition coefficient (Wildman–Crippen LogP) is 2.64. The number of benzene rings is 1. The highest BCUT2D eigenvalue weighted by atomic mass is 79.9. The molecule has 4 heteroatoms. The Morgan fingerprint density at radius 3 is 2.71 bits per heavy atom. The minimum absolute atomic E-state index is 0. The second-order valence-electron chi connectivity index (χ2n) is 3.03. The molecule has 0 spiro atoms. The van der Waals surface area contributed by atoms with Crippen LogP contribution in [0.3, 0.4) is 0 Å². The summed E-state index contributed by atoms with van der Waals surface area (Å²) in [5, 5.41) is 8.65. The lowest BCUT2D eigenvalue weighted by atomic mass is 10.0. The third kappa shape index (κ3) is 4.42. The normalized spacial score (nSPS) is 11.9. The number of aliphatic hydroxyl groups is 1. The molecule has 0 radical (unpaired) electrons. The summed E-state index contributed by atoms with van der Waals surface area (Å²) < 4.78 is 1.05. The van der Waals surface area contributed by atoms with Gasteiger partial charge >= 0.3 is 0 Å². The molecule has 1 aromatic carbocycles. The smallest absolute Gasteiger partial charge is 0.0431 e. The Labute approximate surface area is 99.0 Å².